The van der Waals surface area contributed by atoms with Crippen LogP contribution in [0.2, 0.25) is 0 Å². The van der Waals surface area contributed by atoms with E-state index in [2.05, 4.69) is 12.2 Å². The number of nitrogens with one attached hydrogen (secondary N) is 1. The Morgan fingerprint density at radius 1 is 1.14 bits per heavy atom. The van der Waals surface area contributed by atoms with Gasteiger partial charge in [-0.15, -0.1) is 0 Å². The largest absolute Gasteiger partial charge is 0.319 e. The number of carbonyl (C=O) groups is 1. The second-order valence-corrected chi connectivity index (χ2v) is 6.17. The van der Waals surface area contributed by atoms with Crippen molar-refractivity contribution in [2.24, 2.45) is 5.92 Å². The van der Waals surface area contributed by atoms with E-state index in [-0.39, 0.29) is 24.7 Å². The third-order valence-corrected chi connectivity index (χ3v) is 4.65. The molecule has 5 heteroatoms. The van der Waals surface area contributed by atoms with E-state index in [0.29, 0.717) is 11.5 Å². The Labute approximate surface area is 123 Å². The molecule has 1 aliphatic heterocycles. The molecule has 3 rings (SSSR count). The second-order valence-electron chi connectivity index (χ2n) is 6.17. The molecule has 1 unspecified atom stereocenters. The third kappa shape index (κ3) is 2.79. The fourth-order valence-corrected chi connectivity index (χ4v) is 3.41. The number of carbonyl (C=O) groups excluding carboxylic acids is 1. The van der Waals surface area contributed by atoms with Crippen LogP contribution in [0.3, 0.4) is 0 Å². The van der Waals surface area contributed by atoms with E-state index in [4.69, 9.17) is 0 Å². The molecule has 114 valence electrons. The van der Waals surface area contributed by atoms with Gasteiger partial charge in [-0.25, -0.2) is 8.78 Å². The summed E-state index contributed by atoms with van der Waals surface area (Å²) in [6, 6.07) is 4.05. The fourth-order valence-electron chi connectivity index (χ4n) is 3.41. The molecule has 21 heavy (non-hydrogen) atoms. The Morgan fingerprint density at radius 2 is 1.86 bits per heavy atom. The number of hydrogen-bond acceptors (Lipinski definition) is 2. The van der Waals surface area contributed by atoms with Crippen molar-refractivity contribution in [1.82, 2.24) is 10.2 Å². The van der Waals surface area contributed by atoms with E-state index >= 15 is 0 Å². The van der Waals surface area contributed by atoms with Crippen LogP contribution in [-0.4, -0.2) is 23.4 Å². The van der Waals surface area contributed by atoms with E-state index < -0.39 is 11.6 Å². The first-order valence-electron chi connectivity index (χ1n) is 7.55. The van der Waals surface area contributed by atoms with Crippen LogP contribution >= 0.6 is 0 Å². The zero-order chi connectivity index (χ0) is 15.0. The number of rotatable bonds is 2. The van der Waals surface area contributed by atoms with Gasteiger partial charge in [-0.3, -0.25) is 10.1 Å². The highest BCUT2D eigenvalue weighted by Gasteiger charge is 2.38. The van der Waals surface area contributed by atoms with E-state index in [0.717, 1.165) is 31.7 Å². The van der Waals surface area contributed by atoms with Crippen molar-refractivity contribution >= 4 is 5.91 Å². The minimum atomic E-state index is -0.870. The molecule has 2 aliphatic rings. The summed E-state index contributed by atoms with van der Waals surface area (Å²) in [6.07, 6.45) is 3.84. The first kappa shape index (κ1) is 14.4. The summed E-state index contributed by atoms with van der Waals surface area (Å²) >= 11 is 0. The molecule has 0 radical (unpaired) electrons. The van der Waals surface area contributed by atoms with Gasteiger partial charge in [0.1, 0.15) is 6.17 Å². The van der Waals surface area contributed by atoms with Crippen molar-refractivity contribution in [2.45, 2.75) is 44.8 Å². The number of benzene rings is 1. The summed E-state index contributed by atoms with van der Waals surface area (Å²) in [5.74, 6) is -0.982. The lowest BCUT2D eigenvalue weighted by Crippen LogP contribution is -2.41. The Balaban J connectivity index is 1.83. The topological polar surface area (TPSA) is 32.3 Å². The van der Waals surface area contributed by atoms with Crippen LogP contribution in [0.4, 0.5) is 8.78 Å². The van der Waals surface area contributed by atoms with Crippen molar-refractivity contribution in [2.75, 3.05) is 6.54 Å². The lowest BCUT2D eigenvalue weighted by Gasteiger charge is -2.37. The van der Waals surface area contributed by atoms with Gasteiger partial charge in [0.2, 0.25) is 5.91 Å². The maximum Gasteiger partial charge on any atom is 0.238 e. The van der Waals surface area contributed by atoms with Crippen LogP contribution < -0.4 is 5.32 Å². The monoisotopic (exact) mass is 294 g/mol. The first-order valence-corrected chi connectivity index (χ1v) is 7.55. The van der Waals surface area contributed by atoms with Crippen molar-refractivity contribution < 1.29 is 13.6 Å². The summed E-state index contributed by atoms with van der Waals surface area (Å²) in [5, 5.41) is 3.12. The van der Waals surface area contributed by atoms with Gasteiger partial charge in [0.05, 0.1) is 6.54 Å². The molecule has 1 aromatic rings. The Bertz CT molecular complexity index is 541. The standard InChI is InChI=1S/C16H20F2N2O/c1-10-2-5-12(6-3-10)20-15(21)9-19-16(20)11-4-7-13(17)14(18)8-11/h4,7-8,10,12,16,19H,2-3,5-6,9H2,1H3. The average Bonchev–Trinajstić information content (AvgIpc) is 2.85. The predicted molar refractivity (Wildman–Crippen MR) is 75.4 cm³/mol. The molecule has 0 spiro atoms. The third-order valence-electron chi connectivity index (χ3n) is 4.65. The van der Waals surface area contributed by atoms with Crippen molar-refractivity contribution in [3.63, 3.8) is 0 Å². The quantitative estimate of drug-likeness (QED) is 0.909. The summed E-state index contributed by atoms with van der Waals surface area (Å²) in [4.78, 5) is 14.0. The van der Waals surface area contributed by atoms with Gasteiger partial charge in [-0.2, -0.15) is 0 Å². The average molecular weight is 294 g/mol. The molecule has 1 aliphatic carbocycles. The van der Waals surface area contributed by atoms with Crippen molar-refractivity contribution in [1.29, 1.82) is 0 Å². The minimum Gasteiger partial charge on any atom is -0.319 e. The molecular formula is C16H20F2N2O. The Kier molecular flexibility index (Phi) is 3.93. The minimum absolute atomic E-state index is 0.0456. The fraction of sp³-hybridized carbons (Fsp3) is 0.562. The van der Waals surface area contributed by atoms with Gasteiger partial charge < -0.3 is 4.90 Å². The summed E-state index contributed by atoms with van der Waals surface area (Å²) in [7, 11) is 0. The highest BCUT2D eigenvalue weighted by molar-refractivity contribution is 5.81. The van der Waals surface area contributed by atoms with E-state index in [9.17, 15) is 13.6 Å². The van der Waals surface area contributed by atoms with Crippen LogP contribution in [0.1, 0.15) is 44.3 Å². The molecule has 1 heterocycles. The van der Waals surface area contributed by atoms with E-state index in [1.54, 1.807) is 6.07 Å². The Hall–Kier alpha value is -1.49. The molecule has 1 saturated heterocycles. The van der Waals surface area contributed by atoms with Crippen molar-refractivity contribution in [3.8, 4) is 0 Å². The molecule has 1 aromatic carbocycles. The van der Waals surface area contributed by atoms with Gasteiger partial charge in [-0.1, -0.05) is 13.0 Å². The van der Waals surface area contributed by atoms with Crippen LogP contribution in [0.25, 0.3) is 0 Å². The zero-order valence-electron chi connectivity index (χ0n) is 12.1. The van der Waals surface area contributed by atoms with Crippen LogP contribution in [0, 0.1) is 17.6 Å². The number of halogens is 2. The van der Waals surface area contributed by atoms with Gasteiger partial charge in [-0.05, 0) is 49.3 Å². The zero-order valence-corrected chi connectivity index (χ0v) is 12.1. The summed E-state index contributed by atoms with van der Waals surface area (Å²) in [6.45, 7) is 2.49. The number of hydrogen-bond donors (Lipinski definition) is 1. The number of nitrogens with zero attached hydrogens (tertiary/aromatic N) is 1. The molecule has 0 bridgehead atoms. The normalized spacial score (nSPS) is 30.0. The lowest BCUT2D eigenvalue weighted by atomic mass is 9.86. The summed E-state index contributed by atoms with van der Waals surface area (Å²) in [5.41, 5.74) is 0.610. The molecule has 1 saturated carbocycles. The molecule has 1 atom stereocenters. The maximum absolute atomic E-state index is 13.4. The van der Waals surface area contributed by atoms with Gasteiger partial charge in [0.15, 0.2) is 11.6 Å². The summed E-state index contributed by atoms with van der Waals surface area (Å²) < 4.78 is 26.5. The molecule has 3 nitrogen and oxygen atoms in total. The van der Waals surface area contributed by atoms with Gasteiger partial charge in [0.25, 0.3) is 0 Å². The van der Waals surface area contributed by atoms with Gasteiger partial charge in [0, 0.05) is 6.04 Å². The highest BCUT2D eigenvalue weighted by Crippen LogP contribution is 2.33. The smallest absolute Gasteiger partial charge is 0.238 e. The molecule has 1 N–H and O–H groups in total. The highest BCUT2D eigenvalue weighted by atomic mass is 19.2. The first-order chi connectivity index (χ1) is 10.1. The SMILES string of the molecule is CC1CCC(N2C(=O)CNC2c2ccc(F)c(F)c2)CC1. The molecular weight excluding hydrogens is 274 g/mol. The van der Waals surface area contributed by atoms with E-state index in [1.165, 1.54) is 6.07 Å². The van der Waals surface area contributed by atoms with E-state index in [1.807, 2.05) is 4.90 Å². The van der Waals surface area contributed by atoms with Crippen LogP contribution in [0.5, 0.6) is 0 Å². The predicted octanol–water partition coefficient (Wildman–Crippen LogP) is 2.97. The Morgan fingerprint density at radius 3 is 2.52 bits per heavy atom. The second kappa shape index (κ2) is 5.72. The molecule has 1 amide bonds. The number of amides is 1. The molecule has 2 fully saturated rings. The van der Waals surface area contributed by atoms with Crippen LogP contribution in [-0.2, 0) is 4.79 Å². The lowest BCUT2D eigenvalue weighted by molar-refractivity contribution is -0.131. The van der Waals surface area contributed by atoms with Crippen molar-refractivity contribution in [3.05, 3.63) is 35.4 Å². The van der Waals surface area contributed by atoms with Gasteiger partial charge >= 0.3 is 0 Å². The molecule has 0 aromatic heterocycles. The van der Waals surface area contributed by atoms with Crippen LogP contribution in [0.15, 0.2) is 18.2 Å². The maximum atomic E-state index is 13.4.